The lowest BCUT2D eigenvalue weighted by molar-refractivity contribution is 0.00578. The Balaban J connectivity index is 1.68. The molecule has 2 heterocycles. The molecule has 2 aromatic rings. The zero-order valence-electron chi connectivity index (χ0n) is 16.4. The number of unbranched alkanes of at least 4 members (excludes halogenated alkanes) is 1. The molecule has 4 nitrogen and oxygen atoms in total. The molecule has 0 amide bonds. The molecule has 1 aromatic heterocycles. The zero-order chi connectivity index (χ0) is 18.8. The fourth-order valence-corrected chi connectivity index (χ4v) is 2.75. The minimum atomic E-state index is -0.379. The van der Waals surface area contributed by atoms with Gasteiger partial charge >= 0.3 is 7.12 Å². The highest BCUT2D eigenvalue weighted by Crippen LogP contribution is 2.36. The summed E-state index contributed by atoms with van der Waals surface area (Å²) in [5, 5.41) is 0. The van der Waals surface area contributed by atoms with Crippen molar-refractivity contribution < 1.29 is 14.0 Å². The molecule has 0 radical (unpaired) electrons. The van der Waals surface area contributed by atoms with E-state index in [0.717, 1.165) is 41.9 Å². The van der Waals surface area contributed by atoms with E-state index in [9.17, 15) is 0 Å². The summed E-state index contributed by atoms with van der Waals surface area (Å²) in [5.74, 6) is 0.899. The van der Waals surface area contributed by atoms with E-state index in [1.807, 2.05) is 42.6 Å². The molecule has 0 N–H and O–H groups in total. The van der Waals surface area contributed by atoms with Crippen LogP contribution < -0.4 is 10.2 Å². The molecule has 3 rings (SSSR count). The number of rotatable bonds is 6. The summed E-state index contributed by atoms with van der Waals surface area (Å²) in [6, 6.07) is 12.1. The van der Waals surface area contributed by atoms with Gasteiger partial charge in [-0.25, -0.2) is 0 Å². The summed E-state index contributed by atoms with van der Waals surface area (Å²) < 4.78 is 17.9. The predicted molar refractivity (Wildman–Crippen MR) is 106 cm³/mol. The highest BCUT2D eigenvalue weighted by molar-refractivity contribution is 6.62. The molecule has 0 saturated carbocycles. The summed E-state index contributed by atoms with van der Waals surface area (Å²) in [4.78, 5) is 4.59. The van der Waals surface area contributed by atoms with Crippen molar-refractivity contribution in [1.82, 2.24) is 4.98 Å². The van der Waals surface area contributed by atoms with Crippen LogP contribution in [0.1, 0.15) is 47.5 Å². The average Bonchev–Trinajstić information content (AvgIpc) is 2.84. The van der Waals surface area contributed by atoms with Crippen molar-refractivity contribution >= 4 is 12.6 Å². The van der Waals surface area contributed by atoms with E-state index in [1.165, 1.54) is 0 Å². The Labute approximate surface area is 157 Å². The van der Waals surface area contributed by atoms with Gasteiger partial charge in [-0.2, -0.15) is 0 Å². The fraction of sp³-hybridized carbons (Fsp3) is 0.476. The number of hydrogen-bond acceptors (Lipinski definition) is 4. The van der Waals surface area contributed by atoms with Gasteiger partial charge < -0.3 is 14.0 Å². The van der Waals surface area contributed by atoms with Crippen molar-refractivity contribution in [2.45, 2.75) is 58.7 Å². The lowest BCUT2D eigenvalue weighted by Crippen LogP contribution is -2.41. The molecule has 0 bridgehead atoms. The number of ether oxygens (including phenoxy) is 1. The third kappa shape index (κ3) is 3.94. The molecule has 26 heavy (non-hydrogen) atoms. The molecule has 0 atom stereocenters. The summed E-state index contributed by atoms with van der Waals surface area (Å²) in [5.41, 5.74) is 2.24. The van der Waals surface area contributed by atoms with E-state index in [-0.39, 0.29) is 18.3 Å². The van der Waals surface area contributed by atoms with E-state index in [4.69, 9.17) is 14.0 Å². The Hall–Kier alpha value is -1.85. The molecule has 1 aliphatic rings. The average molecular weight is 353 g/mol. The predicted octanol–water partition coefficient (Wildman–Crippen LogP) is 4.23. The Morgan fingerprint density at radius 1 is 0.962 bits per heavy atom. The van der Waals surface area contributed by atoms with Gasteiger partial charge in [0.05, 0.1) is 23.5 Å². The number of pyridine rings is 1. The van der Waals surface area contributed by atoms with Crippen LogP contribution in [0.2, 0.25) is 0 Å². The van der Waals surface area contributed by atoms with Crippen molar-refractivity contribution in [1.29, 1.82) is 0 Å². The SMILES string of the molecule is CCCCOc1ccc(-c2ccc(B3OC(C)(C)C(C)(C)O3)cn2)cc1. The molecule has 1 fully saturated rings. The maximum absolute atomic E-state index is 6.08. The van der Waals surface area contributed by atoms with Gasteiger partial charge in [0.1, 0.15) is 5.75 Å². The normalized spacial score (nSPS) is 18.1. The van der Waals surface area contributed by atoms with E-state index < -0.39 is 0 Å². The standard InChI is InChI=1S/C21H28BNO3/c1-6-7-14-24-18-11-8-16(9-12-18)19-13-10-17(15-23-19)22-25-20(2,3)21(4,5)26-22/h8-13,15H,6-7,14H2,1-5H3. The molecule has 138 valence electrons. The minimum Gasteiger partial charge on any atom is -0.494 e. The van der Waals surface area contributed by atoms with Crippen molar-refractivity contribution in [2.24, 2.45) is 0 Å². The van der Waals surface area contributed by atoms with Gasteiger partial charge in [-0.3, -0.25) is 4.98 Å². The molecule has 0 spiro atoms. The Morgan fingerprint density at radius 3 is 2.15 bits per heavy atom. The summed E-state index contributed by atoms with van der Waals surface area (Å²) in [6.07, 6.45) is 4.05. The van der Waals surface area contributed by atoms with Crippen molar-refractivity contribution in [3.8, 4) is 17.0 Å². The summed E-state index contributed by atoms with van der Waals surface area (Å²) >= 11 is 0. The van der Waals surface area contributed by atoms with E-state index in [1.54, 1.807) is 0 Å². The number of hydrogen-bond donors (Lipinski definition) is 0. The highest BCUT2D eigenvalue weighted by Gasteiger charge is 2.51. The molecular weight excluding hydrogens is 325 g/mol. The zero-order valence-corrected chi connectivity index (χ0v) is 16.4. The highest BCUT2D eigenvalue weighted by atomic mass is 16.7. The van der Waals surface area contributed by atoms with Gasteiger partial charge in [-0.15, -0.1) is 0 Å². The minimum absolute atomic E-state index is 0.343. The largest absolute Gasteiger partial charge is 0.496 e. The second-order valence-corrected chi connectivity index (χ2v) is 7.79. The quantitative estimate of drug-likeness (QED) is 0.576. The molecule has 1 aromatic carbocycles. The Bertz CT molecular complexity index is 710. The van der Waals surface area contributed by atoms with Gasteiger partial charge in [0.2, 0.25) is 0 Å². The molecule has 1 aliphatic heterocycles. The van der Waals surface area contributed by atoms with Crippen LogP contribution in [0.3, 0.4) is 0 Å². The number of benzene rings is 1. The van der Waals surface area contributed by atoms with Crippen molar-refractivity contribution in [3.05, 3.63) is 42.6 Å². The molecular formula is C21H28BNO3. The first-order valence-electron chi connectivity index (χ1n) is 9.37. The number of aromatic nitrogens is 1. The third-order valence-corrected chi connectivity index (χ3v) is 5.23. The topological polar surface area (TPSA) is 40.6 Å². The van der Waals surface area contributed by atoms with Crippen molar-refractivity contribution in [3.63, 3.8) is 0 Å². The van der Waals surface area contributed by atoms with Crippen LogP contribution in [-0.4, -0.2) is 29.9 Å². The van der Waals surface area contributed by atoms with Gasteiger partial charge in [-0.05, 0) is 64.4 Å². The van der Waals surface area contributed by atoms with Crippen LogP contribution >= 0.6 is 0 Å². The molecule has 0 aliphatic carbocycles. The van der Waals surface area contributed by atoms with E-state index >= 15 is 0 Å². The van der Waals surface area contributed by atoms with E-state index in [2.05, 4.69) is 39.6 Å². The van der Waals surface area contributed by atoms with E-state index in [0.29, 0.717) is 0 Å². The molecule has 5 heteroatoms. The lowest BCUT2D eigenvalue weighted by Gasteiger charge is -2.32. The summed E-state index contributed by atoms with van der Waals surface area (Å²) in [6.45, 7) is 11.1. The maximum Gasteiger partial charge on any atom is 0.496 e. The fourth-order valence-electron chi connectivity index (χ4n) is 2.75. The van der Waals surface area contributed by atoms with Crippen LogP contribution in [-0.2, 0) is 9.31 Å². The Morgan fingerprint density at radius 2 is 1.62 bits per heavy atom. The monoisotopic (exact) mass is 353 g/mol. The molecule has 0 unspecified atom stereocenters. The smallest absolute Gasteiger partial charge is 0.494 e. The second kappa shape index (κ2) is 7.41. The first kappa shape index (κ1) is 18.9. The Kier molecular flexibility index (Phi) is 5.40. The first-order valence-corrected chi connectivity index (χ1v) is 9.37. The number of nitrogens with zero attached hydrogens (tertiary/aromatic N) is 1. The second-order valence-electron chi connectivity index (χ2n) is 7.79. The van der Waals surface area contributed by atoms with Crippen LogP contribution in [0.15, 0.2) is 42.6 Å². The lowest BCUT2D eigenvalue weighted by atomic mass is 9.80. The maximum atomic E-state index is 6.08. The third-order valence-electron chi connectivity index (χ3n) is 5.23. The van der Waals surface area contributed by atoms with Crippen LogP contribution in [0, 0.1) is 0 Å². The van der Waals surface area contributed by atoms with Gasteiger partial charge in [-0.1, -0.05) is 19.4 Å². The van der Waals surface area contributed by atoms with Gasteiger partial charge in [0, 0.05) is 17.2 Å². The van der Waals surface area contributed by atoms with Crippen LogP contribution in [0.5, 0.6) is 5.75 Å². The van der Waals surface area contributed by atoms with Crippen LogP contribution in [0.25, 0.3) is 11.3 Å². The molecule has 1 saturated heterocycles. The van der Waals surface area contributed by atoms with Gasteiger partial charge in [0.15, 0.2) is 0 Å². The first-order chi connectivity index (χ1) is 12.3. The van der Waals surface area contributed by atoms with Crippen molar-refractivity contribution in [2.75, 3.05) is 6.61 Å². The summed E-state index contributed by atoms with van der Waals surface area (Å²) in [7, 11) is -0.379. The van der Waals surface area contributed by atoms with Gasteiger partial charge in [0.25, 0.3) is 0 Å². The van der Waals surface area contributed by atoms with Crippen LogP contribution in [0.4, 0.5) is 0 Å².